The van der Waals surface area contributed by atoms with Crippen molar-refractivity contribution in [3.05, 3.63) is 18.0 Å². The lowest BCUT2D eigenvalue weighted by atomic mass is 10.2. The SMILES string of the molecule is CCCCN(CCO)Cc1cnn(C)c1. The van der Waals surface area contributed by atoms with E-state index in [4.69, 9.17) is 5.11 Å². The molecular formula is C11H21N3O. The second-order valence-electron chi connectivity index (χ2n) is 3.88. The highest BCUT2D eigenvalue weighted by Crippen LogP contribution is 2.04. The van der Waals surface area contributed by atoms with E-state index >= 15 is 0 Å². The van der Waals surface area contributed by atoms with E-state index < -0.39 is 0 Å². The Morgan fingerprint density at radius 2 is 2.27 bits per heavy atom. The second kappa shape index (κ2) is 6.58. The molecule has 86 valence electrons. The number of hydrogen-bond donors (Lipinski definition) is 1. The van der Waals surface area contributed by atoms with Gasteiger partial charge in [0.25, 0.3) is 0 Å². The molecule has 0 aromatic carbocycles. The molecule has 0 radical (unpaired) electrons. The summed E-state index contributed by atoms with van der Waals surface area (Å²) in [5, 5.41) is 13.1. The van der Waals surface area contributed by atoms with E-state index in [1.165, 1.54) is 18.4 Å². The fourth-order valence-corrected chi connectivity index (χ4v) is 1.60. The van der Waals surface area contributed by atoms with Crippen molar-refractivity contribution >= 4 is 0 Å². The van der Waals surface area contributed by atoms with Crippen molar-refractivity contribution in [2.75, 3.05) is 19.7 Å². The average molecular weight is 211 g/mol. The number of nitrogens with zero attached hydrogens (tertiary/aromatic N) is 3. The highest BCUT2D eigenvalue weighted by atomic mass is 16.3. The minimum absolute atomic E-state index is 0.226. The van der Waals surface area contributed by atoms with Gasteiger partial charge in [-0.25, -0.2) is 0 Å². The summed E-state index contributed by atoms with van der Waals surface area (Å²) in [4.78, 5) is 2.26. The molecule has 0 fully saturated rings. The van der Waals surface area contributed by atoms with E-state index in [2.05, 4.69) is 16.9 Å². The Hall–Kier alpha value is -0.870. The lowest BCUT2D eigenvalue weighted by Gasteiger charge is -2.19. The van der Waals surface area contributed by atoms with Gasteiger partial charge in [-0.2, -0.15) is 5.10 Å². The molecular weight excluding hydrogens is 190 g/mol. The number of hydrogen-bond acceptors (Lipinski definition) is 3. The van der Waals surface area contributed by atoms with E-state index in [9.17, 15) is 0 Å². The van der Waals surface area contributed by atoms with Crippen LogP contribution in [0.5, 0.6) is 0 Å². The highest BCUT2D eigenvalue weighted by Gasteiger charge is 2.05. The summed E-state index contributed by atoms with van der Waals surface area (Å²) in [6.45, 7) is 5.08. The van der Waals surface area contributed by atoms with Crippen molar-refractivity contribution in [2.24, 2.45) is 7.05 Å². The van der Waals surface area contributed by atoms with Crippen molar-refractivity contribution < 1.29 is 5.11 Å². The maximum Gasteiger partial charge on any atom is 0.0558 e. The van der Waals surface area contributed by atoms with Crippen LogP contribution >= 0.6 is 0 Å². The smallest absolute Gasteiger partial charge is 0.0558 e. The van der Waals surface area contributed by atoms with Gasteiger partial charge < -0.3 is 5.11 Å². The van der Waals surface area contributed by atoms with Gasteiger partial charge in [-0.3, -0.25) is 9.58 Å². The lowest BCUT2D eigenvalue weighted by molar-refractivity contribution is 0.188. The van der Waals surface area contributed by atoms with Crippen molar-refractivity contribution in [1.82, 2.24) is 14.7 Å². The van der Waals surface area contributed by atoms with Gasteiger partial charge in [0.2, 0.25) is 0 Å². The minimum atomic E-state index is 0.226. The molecule has 0 amide bonds. The van der Waals surface area contributed by atoms with Crippen LogP contribution in [-0.4, -0.2) is 39.5 Å². The molecule has 0 bridgehead atoms. The molecule has 0 aliphatic rings. The van der Waals surface area contributed by atoms with Crippen LogP contribution in [0.15, 0.2) is 12.4 Å². The Morgan fingerprint density at radius 3 is 2.80 bits per heavy atom. The summed E-state index contributed by atoms with van der Waals surface area (Å²) in [7, 11) is 1.92. The number of unbranched alkanes of at least 4 members (excludes halogenated alkanes) is 1. The summed E-state index contributed by atoms with van der Waals surface area (Å²) in [6.07, 6.45) is 6.28. The number of aliphatic hydroxyl groups is 1. The summed E-state index contributed by atoms with van der Waals surface area (Å²) in [5.74, 6) is 0. The van der Waals surface area contributed by atoms with Gasteiger partial charge in [-0.1, -0.05) is 13.3 Å². The first kappa shape index (κ1) is 12.2. The quantitative estimate of drug-likeness (QED) is 0.732. The molecule has 0 saturated heterocycles. The fraction of sp³-hybridized carbons (Fsp3) is 0.727. The molecule has 0 aliphatic heterocycles. The molecule has 1 heterocycles. The van der Waals surface area contributed by atoms with Crippen molar-refractivity contribution in [3.8, 4) is 0 Å². The van der Waals surface area contributed by atoms with Crippen LogP contribution in [-0.2, 0) is 13.6 Å². The standard InChI is InChI=1S/C11H21N3O/c1-3-4-5-14(6-7-15)10-11-8-12-13(2)9-11/h8-9,15H,3-7,10H2,1-2H3. The molecule has 1 N–H and O–H groups in total. The third-order valence-corrected chi connectivity index (χ3v) is 2.41. The number of aromatic nitrogens is 2. The third kappa shape index (κ3) is 4.44. The molecule has 4 heteroatoms. The Bertz CT molecular complexity index is 273. The molecule has 0 atom stereocenters. The predicted octanol–water partition coefficient (Wildman–Crippen LogP) is 1.01. The van der Waals surface area contributed by atoms with Crippen LogP contribution in [0.1, 0.15) is 25.3 Å². The fourth-order valence-electron chi connectivity index (χ4n) is 1.60. The molecule has 1 aromatic rings. The first-order valence-electron chi connectivity index (χ1n) is 5.57. The van der Waals surface area contributed by atoms with Crippen molar-refractivity contribution in [3.63, 3.8) is 0 Å². The molecule has 0 unspecified atom stereocenters. The molecule has 0 aliphatic carbocycles. The van der Waals surface area contributed by atoms with Crippen molar-refractivity contribution in [2.45, 2.75) is 26.3 Å². The van der Waals surface area contributed by atoms with Crippen LogP contribution in [0.2, 0.25) is 0 Å². The van der Waals surface area contributed by atoms with E-state index in [-0.39, 0.29) is 6.61 Å². The molecule has 1 rings (SSSR count). The Kier molecular flexibility index (Phi) is 5.36. The van der Waals surface area contributed by atoms with Crippen LogP contribution in [0.25, 0.3) is 0 Å². The zero-order valence-corrected chi connectivity index (χ0v) is 9.69. The van der Waals surface area contributed by atoms with E-state index in [0.717, 1.165) is 19.6 Å². The maximum absolute atomic E-state index is 8.96. The third-order valence-electron chi connectivity index (χ3n) is 2.41. The van der Waals surface area contributed by atoms with Gasteiger partial charge in [0.15, 0.2) is 0 Å². The number of aryl methyl sites for hydroxylation is 1. The number of aliphatic hydroxyl groups excluding tert-OH is 1. The first-order valence-corrected chi connectivity index (χ1v) is 5.57. The largest absolute Gasteiger partial charge is 0.395 e. The van der Waals surface area contributed by atoms with Crippen LogP contribution in [0, 0.1) is 0 Å². The predicted molar refractivity (Wildman–Crippen MR) is 60.5 cm³/mol. The summed E-state index contributed by atoms with van der Waals surface area (Å²) in [6, 6.07) is 0. The molecule has 4 nitrogen and oxygen atoms in total. The molecule has 0 spiro atoms. The van der Waals surface area contributed by atoms with Crippen molar-refractivity contribution in [1.29, 1.82) is 0 Å². The topological polar surface area (TPSA) is 41.3 Å². The molecule has 1 aromatic heterocycles. The second-order valence-corrected chi connectivity index (χ2v) is 3.88. The van der Waals surface area contributed by atoms with E-state index in [1.807, 2.05) is 24.1 Å². The maximum atomic E-state index is 8.96. The Balaban J connectivity index is 2.42. The highest BCUT2D eigenvalue weighted by molar-refractivity contribution is 5.03. The molecule has 15 heavy (non-hydrogen) atoms. The monoisotopic (exact) mass is 211 g/mol. The normalized spacial score (nSPS) is 11.2. The van der Waals surface area contributed by atoms with Gasteiger partial charge in [0.1, 0.15) is 0 Å². The van der Waals surface area contributed by atoms with Crippen LogP contribution in [0.4, 0.5) is 0 Å². The van der Waals surface area contributed by atoms with E-state index in [0.29, 0.717) is 0 Å². The Morgan fingerprint density at radius 1 is 1.47 bits per heavy atom. The van der Waals surface area contributed by atoms with Gasteiger partial charge in [-0.05, 0) is 13.0 Å². The summed E-state index contributed by atoms with van der Waals surface area (Å²) < 4.78 is 1.81. The zero-order chi connectivity index (χ0) is 11.1. The van der Waals surface area contributed by atoms with Gasteiger partial charge in [0.05, 0.1) is 12.8 Å². The summed E-state index contributed by atoms with van der Waals surface area (Å²) in [5.41, 5.74) is 1.21. The Labute approximate surface area is 91.5 Å². The average Bonchev–Trinajstić information content (AvgIpc) is 2.61. The minimum Gasteiger partial charge on any atom is -0.395 e. The zero-order valence-electron chi connectivity index (χ0n) is 9.69. The summed E-state index contributed by atoms with van der Waals surface area (Å²) >= 11 is 0. The molecule has 0 saturated carbocycles. The van der Waals surface area contributed by atoms with Crippen LogP contribution < -0.4 is 0 Å². The van der Waals surface area contributed by atoms with E-state index in [1.54, 1.807) is 0 Å². The lowest BCUT2D eigenvalue weighted by Crippen LogP contribution is -2.27. The van der Waals surface area contributed by atoms with Gasteiger partial charge in [-0.15, -0.1) is 0 Å². The first-order chi connectivity index (χ1) is 7.26. The number of rotatable bonds is 7. The van der Waals surface area contributed by atoms with Gasteiger partial charge >= 0.3 is 0 Å². The van der Waals surface area contributed by atoms with Crippen LogP contribution in [0.3, 0.4) is 0 Å². The van der Waals surface area contributed by atoms with Gasteiger partial charge in [0, 0.05) is 31.9 Å².